The number of aryl methyl sites for hydroxylation is 1. The summed E-state index contributed by atoms with van der Waals surface area (Å²) in [5.41, 5.74) is 11.1. The number of aromatic hydroxyl groups is 3. The molecule has 2 aliphatic heterocycles. The van der Waals surface area contributed by atoms with Crippen LogP contribution in [0.3, 0.4) is 0 Å². The van der Waals surface area contributed by atoms with E-state index in [4.69, 9.17) is 70.6 Å². The second kappa shape index (κ2) is 25.7. The van der Waals surface area contributed by atoms with E-state index in [1.807, 2.05) is 80.6 Å². The normalized spacial score (nSPS) is 11.9. The number of phenols is 3. The van der Waals surface area contributed by atoms with E-state index in [1.165, 1.54) is 34.1 Å². The molecule has 0 aromatic heterocycles. The van der Waals surface area contributed by atoms with Gasteiger partial charge in [0.2, 0.25) is 13.6 Å². The molecule has 0 atom stereocenters. The molecule has 3 N–H and O–H groups in total. The van der Waals surface area contributed by atoms with Crippen molar-refractivity contribution in [2.75, 3.05) is 42.0 Å². The van der Waals surface area contributed by atoms with Crippen LogP contribution < -0.4 is 47.4 Å². The number of carbonyl (C=O) groups excluding carboxylic acids is 2. The predicted octanol–water partition coefficient (Wildman–Crippen LogP) is 18.5. The number of para-hydroxylation sites is 1. The number of rotatable bonds is 16. The molecule has 475 valence electrons. The Labute approximate surface area is 557 Å². The molecule has 13 rings (SSSR count). The van der Waals surface area contributed by atoms with Crippen molar-refractivity contribution >= 4 is 35.1 Å². The first-order valence-corrected chi connectivity index (χ1v) is 30.7. The molecule has 17 heteroatoms. The fraction of sp³-hybridized carbons (Fsp3) is 0.128. The van der Waals surface area contributed by atoms with Gasteiger partial charge in [0.25, 0.3) is 0 Å². The van der Waals surface area contributed by atoms with Gasteiger partial charge in [-0.05, 0) is 149 Å². The molecular weight excluding hydrogens is 1250 g/mol. The van der Waals surface area contributed by atoms with Gasteiger partial charge in [0, 0.05) is 91.7 Å². The van der Waals surface area contributed by atoms with E-state index >= 15 is 0 Å². The van der Waals surface area contributed by atoms with Gasteiger partial charge in [0.15, 0.2) is 23.0 Å². The van der Waals surface area contributed by atoms with Gasteiger partial charge in [0.1, 0.15) is 51.7 Å². The van der Waals surface area contributed by atoms with Crippen molar-refractivity contribution in [3.8, 4) is 186 Å². The summed E-state index contributed by atoms with van der Waals surface area (Å²) >= 11 is 15.9. The second-order valence-electron chi connectivity index (χ2n) is 22.3. The van der Waals surface area contributed by atoms with Crippen LogP contribution in [0.15, 0.2) is 170 Å². The Hall–Kier alpha value is -11.3. The summed E-state index contributed by atoms with van der Waals surface area (Å²) in [6.45, 7) is 6.29. The summed E-state index contributed by atoms with van der Waals surface area (Å²) in [4.78, 5) is 26.5. The summed E-state index contributed by atoms with van der Waals surface area (Å²) in [7, 11) is 6.18. The van der Waals surface area contributed by atoms with Gasteiger partial charge < -0.3 is 62.7 Å². The zero-order valence-corrected chi connectivity index (χ0v) is 54.1. The maximum Gasteiger partial charge on any atom is 0.308 e. The van der Waals surface area contributed by atoms with Crippen molar-refractivity contribution in [1.29, 1.82) is 0 Å². The van der Waals surface area contributed by atoms with Gasteiger partial charge in [-0.15, -0.1) is 0 Å². The predicted molar refractivity (Wildman–Crippen MR) is 365 cm³/mol. The molecule has 11 aromatic carbocycles. The minimum atomic E-state index is -0.616. The van der Waals surface area contributed by atoms with Crippen LogP contribution in [-0.4, -0.2) is 69.3 Å². The minimum absolute atomic E-state index is 0.00809. The van der Waals surface area contributed by atoms with Crippen molar-refractivity contribution in [3.63, 3.8) is 0 Å². The van der Waals surface area contributed by atoms with E-state index in [1.54, 1.807) is 111 Å². The number of ether oxygens (including phenoxy) is 10. The third-order valence-electron chi connectivity index (χ3n) is 16.9. The summed E-state index contributed by atoms with van der Waals surface area (Å²) in [6, 6.07) is 53.2. The highest BCUT2D eigenvalue weighted by atomic mass is 35.5. The lowest BCUT2D eigenvalue weighted by atomic mass is 9.81. The molecule has 0 saturated heterocycles. The maximum atomic E-state index is 13.4. The lowest BCUT2D eigenvalue weighted by Gasteiger charge is -2.25. The van der Waals surface area contributed by atoms with Crippen LogP contribution in [0, 0.1) is 19.9 Å². The molecule has 2 aliphatic rings. The fourth-order valence-electron chi connectivity index (χ4n) is 13.0. The summed E-state index contributed by atoms with van der Waals surface area (Å²) in [5, 5.41) is 35.3. The smallest absolute Gasteiger partial charge is 0.308 e. The highest BCUT2D eigenvalue weighted by molar-refractivity contribution is 6.39. The lowest BCUT2D eigenvalue weighted by molar-refractivity contribution is -0.132. The zero-order chi connectivity index (χ0) is 66.5. The van der Waals surface area contributed by atoms with E-state index in [0.717, 1.165) is 11.1 Å². The van der Waals surface area contributed by atoms with Gasteiger partial charge in [-0.3, -0.25) is 9.59 Å². The van der Waals surface area contributed by atoms with Crippen molar-refractivity contribution in [1.82, 2.24) is 0 Å². The molecular formula is C78H59Cl2O15. The highest BCUT2D eigenvalue weighted by Gasteiger charge is 2.34. The van der Waals surface area contributed by atoms with E-state index in [2.05, 4.69) is 6.07 Å². The number of hydrogen-bond acceptors (Lipinski definition) is 15. The lowest BCUT2D eigenvalue weighted by Crippen LogP contribution is -2.06. The molecule has 0 unspecified atom stereocenters. The monoisotopic (exact) mass is 1310 g/mol. The summed E-state index contributed by atoms with van der Waals surface area (Å²) in [6.07, 6.45) is 0. The van der Waals surface area contributed by atoms with E-state index in [9.17, 15) is 24.9 Å². The first-order valence-electron chi connectivity index (χ1n) is 30.0. The molecule has 95 heavy (non-hydrogen) atoms. The first-order chi connectivity index (χ1) is 46.0. The van der Waals surface area contributed by atoms with Crippen molar-refractivity contribution in [2.45, 2.75) is 27.7 Å². The van der Waals surface area contributed by atoms with Crippen molar-refractivity contribution in [3.05, 3.63) is 197 Å². The molecule has 11 aromatic rings. The molecule has 0 spiro atoms. The number of fused-ring (bicyclic) bond motifs is 2. The second-order valence-corrected chi connectivity index (χ2v) is 23.1. The Morgan fingerprint density at radius 3 is 1.51 bits per heavy atom. The number of carbonyl (C=O) groups is 2. The number of esters is 2. The van der Waals surface area contributed by atoms with Crippen LogP contribution in [0.4, 0.5) is 0 Å². The Morgan fingerprint density at radius 2 is 0.884 bits per heavy atom. The van der Waals surface area contributed by atoms with Crippen molar-refractivity contribution < 1.29 is 72.3 Å². The largest absolute Gasteiger partial charge is 0.508 e. The molecule has 1 radical (unpaired) electrons. The van der Waals surface area contributed by atoms with E-state index < -0.39 is 11.9 Å². The first kappa shape index (κ1) is 62.5. The van der Waals surface area contributed by atoms with Gasteiger partial charge in [-0.1, -0.05) is 108 Å². The topological polar surface area (TPSA) is 187 Å². The molecule has 0 bridgehead atoms. The molecule has 0 saturated carbocycles. The molecule has 15 nitrogen and oxygen atoms in total. The number of phenolic OH excluding ortho intramolecular Hbond substituents is 3. The number of benzene rings is 11. The Bertz CT molecular complexity index is 4960. The summed E-state index contributed by atoms with van der Waals surface area (Å²) in [5.74, 6) is 2.26. The van der Waals surface area contributed by atoms with Crippen LogP contribution in [0.25, 0.3) is 111 Å². The average molecular weight is 1310 g/mol. The fourth-order valence-corrected chi connectivity index (χ4v) is 13.7. The van der Waals surface area contributed by atoms with Crippen molar-refractivity contribution in [2.24, 2.45) is 0 Å². The Balaban J connectivity index is 1.02. The van der Waals surface area contributed by atoms with Crippen LogP contribution >= 0.6 is 23.2 Å². The average Bonchev–Trinajstić information content (AvgIpc) is 1.14. The maximum absolute atomic E-state index is 13.4. The Kier molecular flexibility index (Phi) is 16.9. The number of hydrogen-bond donors (Lipinski definition) is 3. The number of methoxy groups -OCH3 is 4. The molecule has 0 amide bonds. The third-order valence-corrected chi connectivity index (χ3v) is 17.7. The molecule has 0 fully saturated rings. The summed E-state index contributed by atoms with van der Waals surface area (Å²) < 4.78 is 61.0. The van der Waals surface area contributed by atoms with Gasteiger partial charge in [0.05, 0.1) is 38.5 Å². The van der Waals surface area contributed by atoms with Crippen LogP contribution in [0.1, 0.15) is 25.0 Å². The SMILES string of the molecule is COc1cccc(-c2c(-c3cccc(OC(C)=O)c3-c3c(OC)ccc(-c4cccc(O)c4-c4c(OC)ccc(-c5cccc(OC(C)=O)c5-c5ccc(-c6cccc(O)c6-c6cccc7c6OCO7)c6c5OCO6)c4Cl)c3Cl)[c]c(C)c(OC)c2-c2cccc(O)c2)c1C. The third kappa shape index (κ3) is 11.0. The van der Waals surface area contributed by atoms with Gasteiger partial charge >= 0.3 is 11.9 Å². The number of halogens is 2. The minimum Gasteiger partial charge on any atom is -0.508 e. The van der Waals surface area contributed by atoms with E-state index in [0.29, 0.717) is 135 Å². The van der Waals surface area contributed by atoms with Crippen LogP contribution in [-0.2, 0) is 9.59 Å². The molecule has 2 heterocycles. The Morgan fingerprint density at radius 1 is 0.411 bits per heavy atom. The van der Waals surface area contributed by atoms with Gasteiger partial charge in [-0.25, -0.2) is 0 Å². The molecule has 0 aliphatic carbocycles. The van der Waals surface area contributed by atoms with Crippen LogP contribution in [0.2, 0.25) is 10.0 Å². The zero-order valence-electron chi connectivity index (χ0n) is 52.6. The quantitative estimate of drug-likeness (QED) is 0.0612. The van der Waals surface area contributed by atoms with Gasteiger partial charge in [-0.2, -0.15) is 0 Å². The van der Waals surface area contributed by atoms with E-state index in [-0.39, 0.29) is 75.0 Å². The van der Waals surface area contributed by atoms with Crippen LogP contribution in [0.5, 0.6) is 74.7 Å². The highest BCUT2D eigenvalue weighted by Crippen LogP contribution is 2.60. The standard InChI is InChI=1S/C78H59Cl2O15/c1-40-36-56(68(46-18-12-26-59(86-5)41(46)2)65(75(40)89-8)44-16-9-17-45(83)37-44)50-22-14-28-63(95-43(4)82)70(50)72-61(88-7)35-33-52(74(72)80)48-19-10-25-58(85)69(48)71-60(87-6)34-32-51(73(71)79)47-21-13-27-62(94-42(3)81)67(47)55-31-30-53(77-78(55)93-39-92-77)49-20-11-24-57(84)66(49)54-23-15-29-64-76(54)91-38-90-64/h9-35,37,83-85H,38-39H2,1-8H3.